The van der Waals surface area contributed by atoms with E-state index >= 15 is 0 Å². The molecule has 2 aliphatic heterocycles. The number of rotatable bonds is 5. The van der Waals surface area contributed by atoms with Gasteiger partial charge in [-0.2, -0.15) is 0 Å². The Morgan fingerprint density at radius 3 is 2.64 bits per heavy atom. The Balaban J connectivity index is 1.58. The molecule has 0 spiro atoms. The smallest absolute Gasteiger partial charge is 0.224 e. The average Bonchev–Trinajstić information content (AvgIpc) is 3.12. The van der Waals surface area contributed by atoms with Crippen molar-refractivity contribution in [1.29, 1.82) is 0 Å². The molecule has 5 heteroatoms. The zero-order valence-electron chi connectivity index (χ0n) is 15.9. The standard InChI is InChI=1S/C23H24ClN3O/c24-21-11-5-4-10-19(21)16-25-20-15-23(26-17-20,14-18-8-2-1-3-9-18)27-13-7-6-12-22(27)28/h1-5,8-11,17H,6-7,12-16H2. The third-order valence-corrected chi connectivity index (χ3v) is 5.85. The number of aliphatic imine (C=N–C) groups is 2. The minimum Gasteiger partial charge on any atom is -0.317 e. The molecule has 0 aliphatic carbocycles. The zero-order valence-corrected chi connectivity index (χ0v) is 16.6. The van der Waals surface area contributed by atoms with Gasteiger partial charge >= 0.3 is 0 Å². The van der Waals surface area contributed by atoms with E-state index < -0.39 is 5.66 Å². The van der Waals surface area contributed by atoms with E-state index in [4.69, 9.17) is 21.6 Å². The van der Waals surface area contributed by atoms with Crippen LogP contribution in [0.5, 0.6) is 0 Å². The molecule has 28 heavy (non-hydrogen) atoms. The van der Waals surface area contributed by atoms with Crippen molar-refractivity contribution in [2.45, 2.75) is 44.3 Å². The molecule has 1 unspecified atom stereocenters. The van der Waals surface area contributed by atoms with E-state index in [0.29, 0.717) is 25.8 Å². The van der Waals surface area contributed by atoms with Gasteiger partial charge in [0.05, 0.1) is 12.3 Å². The van der Waals surface area contributed by atoms with Gasteiger partial charge in [-0.1, -0.05) is 60.1 Å². The van der Waals surface area contributed by atoms with Gasteiger partial charge < -0.3 is 4.90 Å². The first-order valence-electron chi connectivity index (χ1n) is 9.83. The first-order valence-corrected chi connectivity index (χ1v) is 10.2. The quantitative estimate of drug-likeness (QED) is 0.725. The Kier molecular flexibility index (Phi) is 5.58. The first-order chi connectivity index (χ1) is 13.7. The molecule has 2 aliphatic rings. The predicted molar refractivity (Wildman–Crippen MR) is 114 cm³/mol. The van der Waals surface area contributed by atoms with Crippen LogP contribution in [0.4, 0.5) is 0 Å². The maximum absolute atomic E-state index is 12.7. The number of carbonyl (C=O) groups excluding carboxylic acids is 1. The summed E-state index contributed by atoms with van der Waals surface area (Å²) in [5.74, 6) is 0.201. The van der Waals surface area contributed by atoms with Crippen LogP contribution in [0.15, 0.2) is 64.6 Å². The van der Waals surface area contributed by atoms with Gasteiger partial charge in [-0.3, -0.25) is 14.8 Å². The van der Waals surface area contributed by atoms with E-state index in [-0.39, 0.29) is 5.91 Å². The molecule has 2 heterocycles. The maximum atomic E-state index is 12.7. The largest absolute Gasteiger partial charge is 0.317 e. The van der Waals surface area contributed by atoms with Crippen LogP contribution in [-0.2, 0) is 17.8 Å². The SMILES string of the molecule is O=C1CCCCN1C1(Cc2ccccc2)CC(=NCc2ccccc2Cl)C=N1. The lowest BCUT2D eigenvalue weighted by Crippen LogP contribution is -2.53. The molecule has 1 amide bonds. The Hall–Kier alpha value is -2.46. The summed E-state index contributed by atoms with van der Waals surface area (Å²) < 4.78 is 0. The minimum absolute atomic E-state index is 0.201. The van der Waals surface area contributed by atoms with Crippen molar-refractivity contribution >= 4 is 29.4 Å². The third-order valence-electron chi connectivity index (χ3n) is 5.48. The van der Waals surface area contributed by atoms with Crippen LogP contribution in [0.1, 0.15) is 36.8 Å². The summed E-state index contributed by atoms with van der Waals surface area (Å²) in [6, 6.07) is 18.0. The van der Waals surface area contributed by atoms with Crippen molar-refractivity contribution in [2.24, 2.45) is 9.98 Å². The number of piperidine rings is 1. The molecule has 2 aromatic rings. The van der Waals surface area contributed by atoms with Crippen LogP contribution < -0.4 is 0 Å². The summed E-state index contributed by atoms with van der Waals surface area (Å²) in [4.78, 5) is 24.3. The zero-order chi connectivity index (χ0) is 19.4. The molecule has 144 valence electrons. The lowest BCUT2D eigenvalue weighted by atomic mass is 9.92. The third kappa shape index (κ3) is 4.02. The highest BCUT2D eigenvalue weighted by atomic mass is 35.5. The summed E-state index contributed by atoms with van der Waals surface area (Å²) in [5, 5.41) is 0.726. The molecule has 4 nitrogen and oxygen atoms in total. The second-order valence-corrected chi connectivity index (χ2v) is 7.89. The van der Waals surface area contributed by atoms with Crippen molar-refractivity contribution < 1.29 is 4.79 Å². The van der Waals surface area contributed by atoms with Crippen LogP contribution in [0, 0.1) is 0 Å². The van der Waals surface area contributed by atoms with Gasteiger partial charge in [0, 0.05) is 37.0 Å². The molecule has 4 rings (SSSR count). The second kappa shape index (κ2) is 8.27. The molecule has 1 atom stereocenters. The monoisotopic (exact) mass is 393 g/mol. The van der Waals surface area contributed by atoms with E-state index in [2.05, 4.69) is 12.1 Å². The van der Waals surface area contributed by atoms with Crippen LogP contribution in [-0.4, -0.2) is 34.9 Å². The highest BCUT2D eigenvalue weighted by Crippen LogP contribution is 2.34. The van der Waals surface area contributed by atoms with Crippen molar-refractivity contribution in [3.63, 3.8) is 0 Å². The normalized spacial score (nSPS) is 23.5. The van der Waals surface area contributed by atoms with Crippen molar-refractivity contribution in [1.82, 2.24) is 4.90 Å². The molecule has 0 aromatic heterocycles. The van der Waals surface area contributed by atoms with Crippen molar-refractivity contribution in [3.05, 3.63) is 70.7 Å². The number of amides is 1. The fourth-order valence-electron chi connectivity index (χ4n) is 4.02. The summed E-state index contributed by atoms with van der Waals surface area (Å²) >= 11 is 6.26. The molecule has 0 N–H and O–H groups in total. The topological polar surface area (TPSA) is 45.0 Å². The fourth-order valence-corrected chi connectivity index (χ4v) is 4.22. The second-order valence-electron chi connectivity index (χ2n) is 7.48. The van der Waals surface area contributed by atoms with E-state index in [1.54, 1.807) is 0 Å². The van der Waals surface area contributed by atoms with E-state index in [1.165, 1.54) is 5.56 Å². The lowest BCUT2D eigenvalue weighted by molar-refractivity contribution is -0.139. The van der Waals surface area contributed by atoms with Gasteiger partial charge in [0.25, 0.3) is 0 Å². The van der Waals surface area contributed by atoms with E-state index in [0.717, 1.165) is 35.7 Å². The highest BCUT2D eigenvalue weighted by molar-refractivity contribution is 6.33. The number of halogens is 1. The molecule has 2 aromatic carbocycles. The summed E-state index contributed by atoms with van der Waals surface area (Å²) in [6.07, 6.45) is 5.82. The van der Waals surface area contributed by atoms with E-state index in [1.807, 2.05) is 53.6 Å². The number of likely N-dealkylation sites (tertiary alicyclic amines) is 1. The summed E-state index contributed by atoms with van der Waals surface area (Å²) in [7, 11) is 0. The molecule has 0 radical (unpaired) electrons. The Morgan fingerprint density at radius 1 is 1.07 bits per heavy atom. The molecule has 0 bridgehead atoms. The van der Waals surface area contributed by atoms with Gasteiger partial charge in [-0.05, 0) is 30.0 Å². The maximum Gasteiger partial charge on any atom is 0.224 e. The van der Waals surface area contributed by atoms with Crippen LogP contribution in [0.3, 0.4) is 0 Å². The van der Waals surface area contributed by atoms with Gasteiger partial charge in [-0.25, -0.2) is 0 Å². The van der Waals surface area contributed by atoms with Crippen LogP contribution >= 0.6 is 11.6 Å². The number of hydrogen-bond donors (Lipinski definition) is 0. The number of benzene rings is 2. The molecular weight excluding hydrogens is 370 g/mol. The minimum atomic E-state index is -0.557. The predicted octanol–water partition coefficient (Wildman–Crippen LogP) is 4.71. The van der Waals surface area contributed by atoms with Gasteiger partial charge in [0.1, 0.15) is 5.66 Å². The van der Waals surface area contributed by atoms with Crippen molar-refractivity contribution in [2.75, 3.05) is 6.54 Å². The Morgan fingerprint density at radius 2 is 1.86 bits per heavy atom. The molecule has 0 saturated carbocycles. The van der Waals surface area contributed by atoms with E-state index in [9.17, 15) is 4.79 Å². The van der Waals surface area contributed by atoms with Gasteiger partial charge in [0.2, 0.25) is 5.91 Å². The van der Waals surface area contributed by atoms with Crippen molar-refractivity contribution in [3.8, 4) is 0 Å². The number of nitrogens with zero attached hydrogens (tertiary/aromatic N) is 3. The number of hydrogen-bond acceptors (Lipinski definition) is 3. The number of carbonyl (C=O) groups is 1. The summed E-state index contributed by atoms with van der Waals surface area (Å²) in [5.41, 5.74) is 2.55. The Bertz CT molecular complexity index is 909. The molecule has 1 saturated heterocycles. The molecule has 1 fully saturated rings. The highest BCUT2D eigenvalue weighted by Gasteiger charge is 2.43. The summed E-state index contributed by atoms with van der Waals surface area (Å²) in [6.45, 7) is 1.29. The van der Waals surface area contributed by atoms with Gasteiger partial charge in [-0.15, -0.1) is 0 Å². The van der Waals surface area contributed by atoms with Crippen LogP contribution in [0.25, 0.3) is 0 Å². The molecular formula is C23H24ClN3O. The lowest BCUT2D eigenvalue weighted by Gasteiger charge is -2.41. The van der Waals surface area contributed by atoms with Crippen LogP contribution in [0.2, 0.25) is 5.02 Å². The van der Waals surface area contributed by atoms with Gasteiger partial charge in [0.15, 0.2) is 0 Å². The Labute approximate surface area is 171 Å². The average molecular weight is 394 g/mol. The fraction of sp³-hybridized carbons (Fsp3) is 0.348. The first kappa shape index (κ1) is 18.9.